The molecule has 0 unspecified atom stereocenters. The third-order valence-electron chi connectivity index (χ3n) is 3.88. The van der Waals surface area contributed by atoms with Gasteiger partial charge in [0.15, 0.2) is 11.5 Å². The first-order chi connectivity index (χ1) is 13.0. The van der Waals surface area contributed by atoms with Crippen LogP contribution in [0.15, 0.2) is 72.8 Å². The smallest absolute Gasteiger partial charge is 0.311 e. The van der Waals surface area contributed by atoms with Crippen LogP contribution in [0.3, 0.4) is 0 Å². The highest BCUT2D eigenvalue weighted by molar-refractivity contribution is 6.17. The first-order valence-corrected chi connectivity index (χ1v) is 7.95. The fourth-order valence-corrected chi connectivity index (χ4v) is 2.57. The van der Waals surface area contributed by atoms with Crippen molar-refractivity contribution in [1.82, 2.24) is 0 Å². The van der Waals surface area contributed by atoms with Crippen LogP contribution in [-0.2, 0) is 0 Å². The van der Waals surface area contributed by atoms with Gasteiger partial charge in [-0.3, -0.25) is 19.7 Å². The topological polar surface area (TPSA) is 110 Å². The molecular formula is C20H14N2O5. The molecule has 134 valence electrons. The maximum atomic E-state index is 12.8. The van der Waals surface area contributed by atoms with E-state index in [0.717, 1.165) is 12.1 Å². The minimum Gasteiger partial charge on any atom is -0.502 e. The zero-order chi connectivity index (χ0) is 19.4. The molecule has 1 amide bonds. The van der Waals surface area contributed by atoms with Crippen molar-refractivity contribution < 1.29 is 19.6 Å². The number of para-hydroxylation sites is 1. The van der Waals surface area contributed by atoms with Crippen LogP contribution in [0, 0.1) is 10.1 Å². The fourth-order valence-electron chi connectivity index (χ4n) is 2.57. The van der Waals surface area contributed by atoms with Gasteiger partial charge in [0.1, 0.15) is 0 Å². The molecule has 3 aromatic rings. The Morgan fingerprint density at radius 2 is 1.52 bits per heavy atom. The molecule has 0 saturated carbocycles. The summed E-state index contributed by atoms with van der Waals surface area (Å²) in [5.74, 6) is -1.57. The van der Waals surface area contributed by atoms with Crippen molar-refractivity contribution in [3.8, 4) is 5.75 Å². The predicted molar refractivity (Wildman–Crippen MR) is 99.0 cm³/mol. The number of ketones is 1. The minimum absolute atomic E-state index is 0.000499. The number of benzene rings is 3. The average Bonchev–Trinajstić information content (AvgIpc) is 2.68. The molecule has 0 saturated heterocycles. The van der Waals surface area contributed by atoms with E-state index in [4.69, 9.17) is 0 Å². The van der Waals surface area contributed by atoms with Crippen molar-refractivity contribution in [2.24, 2.45) is 0 Å². The van der Waals surface area contributed by atoms with Gasteiger partial charge in [-0.2, -0.15) is 0 Å². The first kappa shape index (κ1) is 17.8. The Hall–Kier alpha value is -4.00. The van der Waals surface area contributed by atoms with Crippen LogP contribution in [0.5, 0.6) is 5.75 Å². The number of nitro groups is 1. The van der Waals surface area contributed by atoms with E-state index in [1.54, 1.807) is 36.4 Å². The second kappa shape index (κ2) is 7.49. The summed E-state index contributed by atoms with van der Waals surface area (Å²) in [5.41, 5.74) is 0.240. The number of nitro benzene ring substituents is 1. The van der Waals surface area contributed by atoms with Crippen molar-refractivity contribution in [3.63, 3.8) is 0 Å². The van der Waals surface area contributed by atoms with E-state index < -0.39 is 28.1 Å². The summed E-state index contributed by atoms with van der Waals surface area (Å²) in [6.07, 6.45) is 0. The highest BCUT2D eigenvalue weighted by Gasteiger charge is 2.21. The molecule has 0 bridgehead atoms. The molecule has 27 heavy (non-hydrogen) atoms. The minimum atomic E-state index is -0.778. The molecule has 0 atom stereocenters. The van der Waals surface area contributed by atoms with Gasteiger partial charge in [0, 0.05) is 22.9 Å². The third-order valence-corrected chi connectivity index (χ3v) is 3.88. The SMILES string of the molecule is O=C(Nc1ccccc1)c1ccccc1C(=O)c1ccc(O)c([N+](=O)[O-])c1. The van der Waals surface area contributed by atoms with Crippen molar-refractivity contribution in [3.05, 3.63) is 99.6 Å². The molecule has 0 aliphatic heterocycles. The molecule has 0 spiro atoms. The maximum Gasteiger partial charge on any atom is 0.311 e. The number of aromatic hydroxyl groups is 1. The quantitative estimate of drug-likeness (QED) is 0.408. The standard InChI is InChI=1S/C20H14N2O5/c23-18-11-10-13(12-17(18)22(26)27)19(24)15-8-4-5-9-16(15)20(25)21-14-6-2-1-3-7-14/h1-12,23H,(H,21,25). The second-order valence-corrected chi connectivity index (χ2v) is 5.66. The Bertz CT molecular complexity index is 1030. The summed E-state index contributed by atoms with van der Waals surface area (Å²) in [5, 5.41) is 23.2. The van der Waals surface area contributed by atoms with Gasteiger partial charge in [-0.1, -0.05) is 36.4 Å². The lowest BCUT2D eigenvalue weighted by molar-refractivity contribution is -0.385. The average molecular weight is 362 g/mol. The van der Waals surface area contributed by atoms with Crippen LogP contribution in [0.4, 0.5) is 11.4 Å². The van der Waals surface area contributed by atoms with E-state index in [9.17, 15) is 24.8 Å². The van der Waals surface area contributed by atoms with E-state index in [0.29, 0.717) is 5.69 Å². The molecule has 0 aromatic heterocycles. The number of carbonyl (C=O) groups is 2. The monoisotopic (exact) mass is 362 g/mol. The molecular weight excluding hydrogens is 348 g/mol. The molecule has 3 aromatic carbocycles. The van der Waals surface area contributed by atoms with E-state index >= 15 is 0 Å². The van der Waals surface area contributed by atoms with Crippen molar-refractivity contribution >= 4 is 23.1 Å². The highest BCUT2D eigenvalue weighted by atomic mass is 16.6. The molecule has 0 aliphatic carbocycles. The Labute approximate surface area is 154 Å². The van der Waals surface area contributed by atoms with Gasteiger partial charge in [0.05, 0.1) is 10.5 Å². The number of hydrogen-bond acceptors (Lipinski definition) is 5. The van der Waals surface area contributed by atoms with Gasteiger partial charge in [0.2, 0.25) is 0 Å². The number of amides is 1. The Morgan fingerprint density at radius 1 is 0.889 bits per heavy atom. The number of carbonyl (C=O) groups excluding carboxylic acids is 2. The Kier molecular flexibility index (Phi) is 4.94. The van der Waals surface area contributed by atoms with Crippen molar-refractivity contribution in [1.29, 1.82) is 0 Å². The summed E-state index contributed by atoms with van der Waals surface area (Å²) in [6, 6.07) is 18.3. The molecule has 0 aliphatic rings. The molecule has 0 fully saturated rings. The Morgan fingerprint density at radius 3 is 2.19 bits per heavy atom. The molecule has 2 N–H and O–H groups in total. The van der Waals surface area contributed by atoms with Gasteiger partial charge < -0.3 is 10.4 Å². The zero-order valence-electron chi connectivity index (χ0n) is 14.0. The molecule has 0 heterocycles. The lowest BCUT2D eigenvalue weighted by Crippen LogP contribution is -2.17. The van der Waals surface area contributed by atoms with Crippen molar-refractivity contribution in [2.75, 3.05) is 5.32 Å². The lowest BCUT2D eigenvalue weighted by atomic mass is 9.97. The predicted octanol–water partition coefficient (Wildman–Crippen LogP) is 3.78. The third kappa shape index (κ3) is 3.82. The van der Waals surface area contributed by atoms with Gasteiger partial charge in [-0.25, -0.2) is 0 Å². The van der Waals surface area contributed by atoms with Crippen molar-refractivity contribution in [2.45, 2.75) is 0 Å². The number of hydrogen-bond donors (Lipinski definition) is 2. The van der Waals surface area contributed by atoms with E-state index in [-0.39, 0.29) is 16.7 Å². The van der Waals surface area contributed by atoms with Crippen LogP contribution in [0.1, 0.15) is 26.3 Å². The largest absolute Gasteiger partial charge is 0.502 e. The number of anilines is 1. The second-order valence-electron chi connectivity index (χ2n) is 5.66. The number of nitrogens with zero attached hydrogens (tertiary/aromatic N) is 1. The normalized spacial score (nSPS) is 10.2. The Balaban J connectivity index is 1.96. The zero-order valence-corrected chi connectivity index (χ0v) is 14.0. The van der Waals surface area contributed by atoms with Crippen LogP contribution in [0.25, 0.3) is 0 Å². The van der Waals surface area contributed by atoms with Crippen LogP contribution in [-0.4, -0.2) is 21.7 Å². The van der Waals surface area contributed by atoms with Crippen LogP contribution >= 0.6 is 0 Å². The molecule has 3 rings (SSSR count). The van der Waals surface area contributed by atoms with E-state index in [1.807, 2.05) is 6.07 Å². The number of phenolic OH excluding ortho intramolecular Hbond substituents is 1. The fraction of sp³-hybridized carbons (Fsp3) is 0. The molecule has 7 heteroatoms. The molecule has 0 radical (unpaired) electrons. The van der Waals surface area contributed by atoms with Gasteiger partial charge >= 0.3 is 5.69 Å². The van der Waals surface area contributed by atoms with Crippen LogP contribution in [0.2, 0.25) is 0 Å². The summed E-state index contributed by atoms with van der Waals surface area (Å²) in [4.78, 5) is 35.6. The summed E-state index contributed by atoms with van der Waals surface area (Å²) in [6.45, 7) is 0. The van der Waals surface area contributed by atoms with E-state index in [2.05, 4.69) is 5.32 Å². The summed E-state index contributed by atoms with van der Waals surface area (Å²) >= 11 is 0. The summed E-state index contributed by atoms with van der Waals surface area (Å²) in [7, 11) is 0. The highest BCUT2D eigenvalue weighted by Crippen LogP contribution is 2.28. The van der Waals surface area contributed by atoms with Gasteiger partial charge in [-0.15, -0.1) is 0 Å². The number of rotatable bonds is 5. The van der Waals surface area contributed by atoms with Gasteiger partial charge in [-0.05, 0) is 30.3 Å². The maximum absolute atomic E-state index is 12.8. The molecule has 7 nitrogen and oxygen atoms in total. The lowest BCUT2D eigenvalue weighted by Gasteiger charge is -2.10. The van der Waals surface area contributed by atoms with Crippen LogP contribution < -0.4 is 5.32 Å². The number of nitrogens with one attached hydrogen (secondary N) is 1. The van der Waals surface area contributed by atoms with E-state index in [1.165, 1.54) is 18.2 Å². The number of phenols is 1. The first-order valence-electron chi connectivity index (χ1n) is 7.95. The van der Waals surface area contributed by atoms with Gasteiger partial charge in [0.25, 0.3) is 5.91 Å². The summed E-state index contributed by atoms with van der Waals surface area (Å²) < 4.78 is 0.